The number of nitrogens with zero attached hydrogens (tertiary/aromatic N) is 3. The summed E-state index contributed by atoms with van der Waals surface area (Å²) in [5.41, 5.74) is 6.86. The Bertz CT molecular complexity index is 1110. The van der Waals surface area contributed by atoms with Gasteiger partial charge in [0.25, 0.3) is 0 Å². The van der Waals surface area contributed by atoms with E-state index in [1.54, 1.807) is 0 Å². The maximum absolute atomic E-state index is 4.34. The number of aromatic nitrogens is 4. The standard InChI is InChI=1S/C20H18BrN5/c1-12-20-14-6-5-13(21)11-16(14)19(8-10-26(20)25-24-12)23-18-4-2-3-17-15(18)7-9-22-17/h2-7,9,11,19,22-23H,8,10H2,1H3. The summed E-state index contributed by atoms with van der Waals surface area (Å²) in [6.45, 7) is 2.86. The molecule has 1 atom stereocenters. The number of hydrogen-bond acceptors (Lipinski definition) is 3. The third-order valence-corrected chi connectivity index (χ3v) is 5.60. The van der Waals surface area contributed by atoms with Crippen LogP contribution >= 0.6 is 15.9 Å². The number of hydrogen-bond donors (Lipinski definition) is 2. The molecule has 0 amide bonds. The number of anilines is 1. The van der Waals surface area contributed by atoms with E-state index in [0.29, 0.717) is 0 Å². The fourth-order valence-corrected chi connectivity index (χ4v) is 4.26. The molecule has 5 rings (SSSR count). The Balaban J connectivity index is 1.63. The predicted octanol–water partition coefficient (Wildman–Crippen LogP) is 5.05. The molecule has 0 spiro atoms. The van der Waals surface area contributed by atoms with Gasteiger partial charge in [0.2, 0.25) is 0 Å². The van der Waals surface area contributed by atoms with Crippen molar-refractivity contribution in [3.05, 3.63) is 64.4 Å². The molecule has 2 aromatic carbocycles. The lowest BCUT2D eigenvalue weighted by molar-refractivity contribution is 0.539. The van der Waals surface area contributed by atoms with Crippen molar-refractivity contribution in [2.75, 3.05) is 5.32 Å². The lowest BCUT2D eigenvalue weighted by Crippen LogP contribution is -2.12. The number of benzene rings is 2. The van der Waals surface area contributed by atoms with E-state index in [1.807, 2.05) is 17.8 Å². The van der Waals surface area contributed by atoms with E-state index < -0.39 is 0 Å². The first-order chi connectivity index (χ1) is 12.7. The van der Waals surface area contributed by atoms with Crippen molar-refractivity contribution < 1.29 is 0 Å². The van der Waals surface area contributed by atoms with Gasteiger partial charge in [0, 0.05) is 39.4 Å². The Kier molecular flexibility index (Phi) is 3.60. The fourth-order valence-electron chi connectivity index (χ4n) is 3.88. The number of aryl methyl sites for hydroxylation is 2. The fraction of sp³-hybridized carbons (Fsp3) is 0.200. The quantitative estimate of drug-likeness (QED) is 0.488. The number of aromatic amines is 1. The summed E-state index contributed by atoms with van der Waals surface area (Å²) in [6, 6.07) is 15.1. The molecule has 3 heterocycles. The Morgan fingerprint density at radius 3 is 3.08 bits per heavy atom. The monoisotopic (exact) mass is 407 g/mol. The van der Waals surface area contributed by atoms with Gasteiger partial charge in [0.1, 0.15) is 0 Å². The topological polar surface area (TPSA) is 58.5 Å². The summed E-state index contributed by atoms with van der Waals surface area (Å²) >= 11 is 3.64. The second kappa shape index (κ2) is 5.99. The van der Waals surface area contributed by atoms with Crippen LogP contribution in [0.2, 0.25) is 0 Å². The Hall–Kier alpha value is -2.60. The molecule has 26 heavy (non-hydrogen) atoms. The molecule has 6 heteroatoms. The van der Waals surface area contributed by atoms with Crippen LogP contribution in [0.15, 0.2) is 53.1 Å². The van der Waals surface area contributed by atoms with Gasteiger partial charge >= 0.3 is 0 Å². The van der Waals surface area contributed by atoms with E-state index >= 15 is 0 Å². The highest BCUT2D eigenvalue weighted by atomic mass is 79.9. The van der Waals surface area contributed by atoms with Crippen LogP contribution in [0.4, 0.5) is 5.69 Å². The van der Waals surface area contributed by atoms with Gasteiger partial charge < -0.3 is 10.3 Å². The van der Waals surface area contributed by atoms with E-state index in [-0.39, 0.29) is 6.04 Å². The average Bonchev–Trinajstić information content (AvgIpc) is 3.22. The zero-order chi connectivity index (χ0) is 17.7. The van der Waals surface area contributed by atoms with Crippen LogP contribution in [0.25, 0.3) is 22.2 Å². The molecule has 1 aliphatic rings. The maximum Gasteiger partial charge on any atom is 0.0918 e. The van der Waals surface area contributed by atoms with Crippen LogP contribution in [-0.2, 0) is 6.54 Å². The van der Waals surface area contributed by atoms with Gasteiger partial charge in [-0.05, 0) is 49.2 Å². The normalized spacial score (nSPS) is 16.2. The van der Waals surface area contributed by atoms with Crippen LogP contribution in [0, 0.1) is 6.92 Å². The minimum Gasteiger partial charge on any atom is -0.378 e. The van der Waals surface area contributed by atoms with Crippen LogP contribution in [0.5, 0.6) is 0 Å². The number of rotatable bonds is 2. The summed E-state index contributed by atoms with van der Waals surface area (Å²) < 4.78 is 3.11. The smallest absolute Gasteiger partial charge is 0.0918 e. The van der Waals surface area contributed by atoms with Crippen molar-refractivity contribution in [3.8, 4) is 11.3 Å². The summed E-state index contributed by atoms with van der Waals surface area (Å²) in [5, 5.41) is 13.6. The summed E-state index contributed by atoms with van der Waals surface area (Å²) in [7, 11) is 0. The van der Waals surface area contributed by atoms with Crippen LogP contribution in [-0.4, -0.2) is 20.0 Å². The van der Waals surface area contributed by atoms with Gasteiger partial charge in [0.05, 0.1) is 17.4 Å². The first kappa shape index (κ1) is 15.6. The van der Waals surface area contributed by atoms with Crippen molar-refractivity contribution in [2.24, 2.45) is 0 Å². The molecule has 0 bridgehead atoms. The molecule has 2 aromatic heterocycles. The highest BCUT2D eigenvalue weighted by molar-refractivity contribution is 9.10. The second-order valence-electron chi connectivity index (χ2n) is 6.71. The van der Waals surface area contributed by atoms with Gasteiger partial charge in [-0.1, -0.05) is 33.3 Å². The van der Waals surface area contributed by atoms with Crippen LogP contribution in [0.3, 0.4) is 0 Å². The third kappa shape index (κ3) is 2.44. The Labute approximate surface area is 159 Å². The molecular formula is C20H18BrN5. The molecule has 1 unspecified atom stereocenters. The van der Waals surface area contributed by atoms with Gasteiger partial charge in [0.15, 0.2) is 0 Å². The van der Waals surface area contributed by atoms with Crippen molar-refractivity contribution in [2.45, 2.75) is 25.9 Å². The van der Waals surface area contributed by atoms with E-state index in [9.17, 15) is 0 Å². The Morgan fingerprint density at radius 2 is 2.15 bits per heavy atom. The SMILES string of the molecule is Cc1nnn2c1-c1ccc(Br)cc1C(Nc1cccc3[nH]ccc13)CC2. The highest BCUT2D eigenvalue weighted by Crippen LogP contribution is 2.39. The maximum atomic E-state index is 4.34. The number of fused-ring (bicyclic) bond motifs is 4. The Morgan fingerprint density at radius 1 is 1.23 bits per heavy atom. The number of nitrogens with one attached hydrogen (secondary N) is 2. The summed E-state index contributed by atoms with van der Waals surface area (Å²) in [6.07, 6.45) is 2.93. The lowest BCUT2D eigenvalue weighted by Gasteiger charge is -2.21. The highest BCUT2D eigenvalue weighted by Gasteiger charge is 2.25. The number of halogens is 1. The largest absolute Gasteiger partial charge is 0.378 e. The first-order valence-corrected chi connectivity index (χ1v) is 9.52. The van der Waals surface area contributed by atoms with Gasteiger partial charge in [-0.3, -0.25) is 0 Å². The van der Waals surface area contributed by atoms with E-state index in [2.05, 4.69) is 79.0 Å². The average molecular weight is 408 g/mol. The molecular weight excluding hydrogens is 390 g/mol. The molecule has 0 saturated heterocycles. The summed E-state index contributed by atoms with van der Waals surface area (Å²) in [5.74, 6) is 0. The van der Waals surface area contributed by atoms with Crippen molar-refractivity contribution >= 4 is 32.5 Å². The van der Waals surface area contributed by atoms with E-state index in [0.717, 1.165) is 40.0 Å². The second-order valence-corrected chi connectivity index (χ2v) is 7.62. The zero-order valence-corrected chi connectivity index (χ0v) is 15.9. The molecule has 130 valence electrons. The summed E-state index contributed by atoms with van der Waals surface area (Å²) in [4.78, 5) is 3.29. The molecule has 0 radical (unpaired) electrons. The van der Waals surface area contributed by atoms with E-state index in [1.165, 1.54) is 16.5 Å². The van der Waals surface area contributed by atoms with Gasteiger partial charge in [-0.2, -0.15) is 0 Å². The predicted molar refractivity (Wildman–Crippen MR) is 107 cm³/mol. The minimum absolute atomic E-state index is 0.198. The third-order valence-electron chi connectivity index (χ3n) is 5.10. The lowest BCUT2D eigenvalue weighted by atomic mass is 9.96. The zero-order valence-electron chi connectivity index (χ0n) is 14.3. The molecule has 0 fully saturated rings. The van der Waals surface area contributed by atoms with Gasteiger partial charge in [-0.15, -0.1) is 5.10 Å². The van der Waals surface area contributed by atoms with Crippen molar-refractivity contribution in [1.29, 1.82) is 0 Å². The minimum atomic E-state index is 0.198. The van der Waals surface area contributed by atoms with Crippen LogP contribution < -0.4 is 5.32 Å². The van der Waals surface area contributed by atoms with Gasteiger partial charge in [-0.25, -0.2) is 4.68 Å². The molecule has 1 aliphatic heterocycles. The van der Waals surface area contributed by atoms with E-state index in [4.69, 9.17) is 0 Å². The molecule has 5 nitrogen and oxygen atoms in total. The van der Waals surface area contributed by atoms with Crippen LogP contribution in [0.1, 0.15) is 23.7 Å². The molecule has 0 aliphatic carbocycles. The molecule has 4 aromatic rings. The first-order valence-electron chi connectivity index (χ1n) is 8.73. The molecule has 2 N–H and O–H groups in total. The van der Waals surface area contributed by atoms with Crippen molar-refractivity contribution in [1.82, 2.24) is 20.0 Å². The molecule has 0 saturated carbocycles. The number of H-pyrrole nitrogens is 1. The van der Waals surface area contributed by atoms with Crippen molar-refractivity contribution in [3.63, 3.8) is 0 Å².